The summed E-state index contributed by atoms with van der Waals surface area (Å²) in [5.74, 6) is 2.06. The lowest BCUT2D eigenvalue weighted by Gasteiger charge is -2.18. The number of anilines is 2. The molecule has 2 aromatic heterocycles. The standard InChI is InChI=1S/C13H18N4OS/c14-13-16-11(10-4-5-19-12(10)17-13)15-6-8-2-1-3-9(8)7-18/h4-5,8-9,18H,1-3,6-7H2,(H3,14,15,16,17). The van der Waals surface area contributed by atoms with Crippen LogP contribution in [0, 0.1) is 11.8 Å². The second kappa shape index (κ2) is 5.30. The lowest BCUT2D eigenvalue weighted by Crippen LogP contribution is -2.21. The Morgan fingerprint density at radius 3 is 3.05 bits per heavy atom. The van der Waals surface area contributed by atoms with Crippen LogP contribution in [0.3, 0.4) is 0 Å². The van der Waals surface area contributed by atoms with E-state index in [-0.39, 0.29) is 6.61 Å². The molecule has 2 unspecified atom stereocenters. The van der Waals surface area contributed by atoms with Crippen LogP contribution in [0.15, 0.2) is 11.4 Å². The van der Waals surface area contributed by atoms with E-state index in [2.05, 4.69) is 15.3 Å². The monoisotopic (exact) mass is 278 g/mol. The molecule has 3 rings (SSSR count). The quantitative estimate of drug-likeness (QED) is 0.797. The largest absolute Gasteiger partial charge is 0.396 e. The maximum atomic E-state index is 9.34. The van der Waals surface area contributed by atoms with Crippen LogP contribution in [0.1, 0.15) is 19.3 Å². The van der Waals surface area contributed by atoms with Gasteiger partial charge in [-0.1, -0.05) is 6.42 Å². The van der Waals surface area contributed by atoms with E-state index in [4.69, 9.17) is 5.73 Å². The Bertz CT molecular complexity index is 571. The molecule has 5 nitrogen and oxygen atoms in total. The molecule has 19 heavy (non-hydrogen) atoms. The van der Waals surface area contributed by atoms with Crippen molar-refractivity contribution in [1.29, 1.82) is 0 Å². The molecule has 102 valence electrons. The van der Waals surface area contributed by atoms with Gasteiger partial charge in [0.1, 0.15) is 10.6 Å². The van der Waals surface area contributed by atoms with Gasteiger partial charge in [0, 0.05) is 13.2 Å². The molecule has 4 N–H and O–H groups in total. The zero-order chi connectivity index (χ0) is 13.2. The third-order valence-electron chi connectivity index (χ3n) is 3.93. The fourth-order valence-electron chi connectivity index (χ4n) is 2.86. The maximum absolute atomic E-state index is 9.34. The SMILES string of the molecule is Nc1nc(NCC2CCCC2CO)c2ccsc2n1. The molecule has 1 aliphatic carbocycles. The first kappa shape index (κ1) is 12.6. The molecule has 2 aromatic rings. The van der Waals surface area contributed by atoms with E-state index in [9.17, 15) is 5.11 Å². The minimum Gasteiger partial charge on any atom is -0.396 e. The number of fused-ring (bicyclic) bond motifs is 1. The third-order valence-corrected chi connectivity index (χ3v) is 4.73. The van der Waals surface area contributed by atoms with E-state index in [0.29, 0.717) is 17.8 Å². The van der Waals surface area contributed by atoms with Gasteiger partial charge in [-0.3, -0.25) is 0 Å². The fraction of sp³-hybridized carbons (Fsp3) is 0.538. The van der Waals surface area contributed by atoms with Crippen LogP contribution in [0.4, 0.5) is 11.8 Å². The Kier molecular flexibility index (Phi) is 3.52. The minimum atomic E-state index is 0.284. The molecule has 1 aliphatic rings. The summed E-state index contributed by atoms with van der Waals surface area (Å²) in [4.78, 5) is 9.41. The first-order chi connectivity index (χ1) is 9.28. The number of aliphatic hydroxyl groups excluding tert-OH is 1. The van der Waals surface area contributed by atoms with Crippen molar-refractivity contribution in [3.63, 3.8) is 0 Å². The smallest absolute Gasteiger partial charge is 0.223 e. The van der Waals surface area contributed by atoms with E-state index in [1.807, 2.05) is 11.4 Å². The Morgan fingerprint density at radius 2 is 2.21 bits per heavy atom. The molecule has 0 radical (unpaired) electrons. The summed E-state index contributed by atoms with van der Waals surface area (Å²) in [7, 11) is 0. The summed E-state index contributed by atoms with van der Waals surface area (Å²) in [5.41, 5.74) is 5.73. The normalized spacial score (nSPS) is 23.0. The third kappa shape index (κ3) is 2.50. The highest BCUT2D eigenvalue weighted by atomic mass is 32.1. The Balaban J connectivity index is 1.76. The number of hydrogen-bond donors (Lipinski definition) is 3. The molecule has 6 heteroatoms. The van der Waals surface area contributed by atoms with Gasteiger partial charge in [-0.15, -0.1) is 11.3 Å². The molecule has 1 fully saturated rings. The molecule has 0 bridgehead atoms. The van der Waals surface area contributed by atoms with Gasteiger partial charge in [0.05, 0.1) is 5.39 Å². The minimum absolute atomic E-state index is 0.284. The average Bonchev–Trinajstić information content (AvgIpc) is 3.03. The predicted molar refractivity (Wildman–Crippen MR) is 78.2 cm³/mol. The number of nitrogen functional groups attached to an aromatic ring is 1. The second-order valence-electron chi connectivity index (χ2n) is 5.08. The number of thiophene rings is 1. The molecular weight excluding hydrogens is 260 g/mol. The van der Waals surface area contributed by atoms with Crippen molar-refractivity contribution >= 4 is 33.3 Å². The first-order valence-corrected chi connectivity index (χ1v) is 7.51. The summed E-state index contributed by atoms with van der Waals surface area (Å²) in [6, 6.07) is 2.01. The van der Waals surface area contributed by atoms with Crippen LogP contribution >= 0.6 is 11.3 Å². The maximum Gasteiger partial charge on any atom is 0.223 e. The number of hydrogen-bond acceptors (Lipinski definition) is 6. The number of rotatable bonds is 4. The average molecular weight is 278 g/mol. The molecule has 0 aliphatic heterocycles. The fourth-order valence-corrected chi connectivity index (χ4v) is 3.63. The van der Waals surface area contributed by atoms with Gasteiger partial charge in [-0.25, -0.2) is 4.98 Å². The van der Waals surface area contributed by atoms with Crippen LogP contribution in [0.5, 0.6) is 0 Å². The molecule has 2 heterocycles. The van der Waals surface area contributed by atoms with Crippen molar-refractivity contribution in [1.82, 2.24) is 9.97 Å². The van der Waals surface area contributed by atoms with E-state index in [1.165, 1.54) is 12.8 Å². The number of aromatic nitrogens is 2. The Hall–Kier alpha value is -1.40. The molecule has 2 atom stereocenters. The van der Waals surface area contributed by atoms with Crippen molar-refractivity contribution in [2.75, 3.05) is 24.2 Å². The Morgan fingerprint density at radius 1 is 1.37 bits per heavy atom. The second-order valence-corrected chi connectivity index (χ2v) is 5.98. The van der Waals surface area contributed by atoms with Gasteiger partial charge in [-0.05, 0) is 36.1 Å². The van der Waals surface area contributed by atoms with Gasteiger partial charge in [0.15, 0.2) is 0 Å². The zero-order valence-corrected chi connectivity index (χ0v) is 11.5. The van der Waals surface area contributed by atoms with Gasteiger partial charge in [-0.2, -0.15) is 4.98 Å². The summed E-state index contributed by atoms with van der Waals surface area (Å²) in [5, 5.41) is 15.8. The molecule has 0 amide bonds. The number of nitrogens with two attached hydrogens (primary N) is 1. The van der Waals surface area contributed by atoms with E-state index >= 15 is 0 Å². The molecular formula is C13H18N4OS. The van der Waals surface area contributed by atoms with Gasteiger partial charge in [0.25, 0.3) is 0 Å². The predicted octanol–water partition coefficient (Wildman–Crippen LogP) is 2.09. The lowest BCUT2D eigenvalue weighted by atomic mass is 9.97. The van der Waals surface area contributed by atoms with Gasteiger partial charge < -0.3 is 16.2 Å². The molecule has 0 saturated heterocycles. The highest BCUT2D eigenvalue weighted by Crippen LogP contribution is 2.32. The van der Waals surface area contributed by atoms with Crippen molar-refractivity contribution in [2.45, 2.75) is 19.3 Å². The topological polar surface area (TPSA) is 84.1 Å². The molecule has 0 spiro atoms. The van der Waals surface area contributed by atoms with Crippen LogP contribution in [-0.2, 0) is 0 Å². The van der Waals surface area contributed by atoms with Gasteiger partial charge >= 0.3 is 0 Å². The summed E-state index contributed by atoms with van der Waals surface area (Å²) < 4.78 is 0. The summed E-state index contributed by atoms with van der Waals surface area (Å²) >= 11 is 1.57. The number of aliphatic hydroxyl groups is 1. The van der Waals surface area contributed by atoms with E-state index in [0.717, 1.165) is 29.0 Å². The van der Waals surface area contributed by atoms with Crippen molar-refractivity contribution in [2.24, 2.45) is 11.8 Å². The summed E-state index contributed by atoms with van der Waals surface area (Å²) in [6.07, 6.45) is 3.51. The molecule has 1 saturated carbocycles. The van der Waals surface area contributed by atoms with E-state index in [1.54, 1.807) is 11.3 Å². The number of nitrogens with one attached hydrogen (secondary N) is 1. The van der Waals surface area contributed by atoms with Crippen LogP contribution in [0.2, 0.25) is 0 Å². The highest BCUT2D eigenvalue weighted by Gasteiger charge is 2.26. The van der Waals surface area contributed by atoms with Crippen molar-refractivity contribution in [3.8, 4) is 0 Å². The van der Waals surface area contributed by atoms with E-state index < -0.39 is 0 Å². The summed E-state index contributed by atoms with van der Waals surface area (Å²) in [6.45, 7) is 1.12. The first-order valence-electron chi connectivity index (χ1n) is 6.63. The lowest BCUT2D eigenvalue weighted by molar-refractivity contribution is 0.199. The number of nitrogens with zero attached hydrogens (tertiary/aromatic N) is 2. The van der Waals surface area contributed by atoms with Crippen LogP contribution < -0.4 is 11.1 Å². The van der Waals surface area contributed by atoms with Crippen molar-refractivity contribution in [3.05, 3.63) is 11.4 Å². The highest BCUT2D eigenvalue weighted by molar-refractivity contribution is 7.16. The Labute approximate surface area is 115 Å². The molecule has 0 aromatic carbocycles. The van der Waals surface area contributed by atoms with Crippen LogP contribution in [0.25, 0.3) is 10.2 Å². The van der Waals surface area contributed by atoms with Gasteiger partial charge in [0.2, 0.25) is 5.95 Å². The van der Waals surface area contributed by atoms with Crippen molar-refractivity contribution < 1.29 is 5.11 Å². The zero-order valence-electron chi connectivity index (χ0n) is 10.7. The van der Waals surface area contributed by atoms with Crippen LogP contribution in [-0.4, -0.2) is 28.2 Å².